The van der Waals surface area contributed by atoms with E-state index in [0.717, 1.165) is 11.1 Å². The second-order valence-electron chi connectivity index (χ2n) is 5.49. The number of aryl methyl sites for hydroxylation is 2. The third kappa shape index (κ3) is 3.30. The van der Waals surface area contributed by atoms with Crippen LogP contribution in [0.1, 0.15) is 40.0 Å². The summed E-state index contributed by atoms with van der Waals surface area (Å²) in [6.45, 7) is 5.81. The van der Waals surface area contributed by atoms with Gasteiger partial charge in [0.2, 0.25) is 0 Å². The maximum Gasteiger partial charge on any atom is 0.257 e. The van der Waals surface area contributed by atoms with E-state index in [1.807, 2.05) is 45.0 Å². The normalized spacial score (nSPS) is 12.0. The number of hydrogen-bond acceptors (Lipinski definition) is 1. The van der Waals surface area contributed by atoms with E-state index in [1.54, 1.807) is 24.1 Å². The molecule has 1 atom stereocenters. The average Bonchev–Trinajstić information content (AvgIpc) is 2.48. The van der Waals surface area contributed by atoms with Crippen LogP contribution >= 0.6 is 0 Å². The van der Waals surface area contributed by atoms with E-state index in [4.69, 9.17) is 0 Å². The minimum Gasteiger partial charge on any atom is -0.335 e. The van der Waals surface area contributed by atoms with Gasteiger partial charge in [0.05, 0.1) is 11.6 Å². The highest BCUT2D eigenvalue weighted by molar-refractivity contribution is 5.94. The zero-order valence-corrected chi connectivity index (χ0v) is 12.9. The number of halogens is 1. The Morgan fingerprint density at radius 3 is 2.24 bits per heavy atom. The molecule has 2 aromatic rings. The number of nitrogens with zero attached hydrogens (tertiary/aromatic N) is 1. The van der Waals surface area contributed by atoms with Crippen LogP contribution in [-0.2, 0) is 0 Å². The van der Waals surface area contributed by atoms with Gasteiger partial charge in [0.1, 0.15) is 5.82 Å². The molecule has 2 nitrogen and oxygen atoms in total. The fraction of sp³-hybridized carbons (Fsp3) is 0.278. The van der Waals surface area contributed by atoms with Crippen LogP contribution in [0.15, 0.2) is 42.5 Å². The molecule has 0 aromatic heterocycles. The Labute approximate surface area is 125 Å². The van der Waals surface area contributed by atoms with Gasteiger partial charge >= 0.3 is 0 Å². The molecule has 0 spiro atoms. The van der Waals surface area contributed by atoms with Gasteiger partial charge in [0.25, 0.3) is 5.91 Å². The molecule has 0 saturated heterocycles. The van der Waals surface area contributed by atoms with Gasteiger partial charge in [0, 0.05) is 7.05 Å². The molecule has 2 aromatic carbocycles. The van der Waals surface area contributed by atoms with Crippen molar-refractivity contribution in [2.24, 2.45) is 0 Å². The van der Waals surface area contributed by atoms with Crippen molar-refractivity contribution < 1.29 is 9.18 Å². The van der Waals surface area contributed by atoms with Crippen molar-refractivity contribution in [3.63, 3.8) is 0 Å². The molecule has 2 rings (SSSR count). The van der Waals surface area contributed by atoms with Gasteiger partial charge in [-0.1, -0.05) is 41.5 Å². The Hall–Kier alpha value is -2.16. The Balaban J connectivity index is 2.26. The largest absolute Gasteiger partial charge is 0.335 e. The van der Waals surface area contributed by atoms with Gasteiger partial charge in [-0.2, -0.15) is 0 Å². The summed E-state index contributed by atoms with van der Waals surface area (Å²) in [7, 11) is 1.70. The average molecular weight is 285 g/mol. The van der Waals surface area contributed by atoms with Gasteiger partial charge in [-0.25, -0.2) is 4.39 Å². The fourth-order valence-electron chi connectivity index (χ4n) is 2.24. The number of amides is 1. The first-order valence-corrected chi connectivity index (χ1v) is 7.00. The number of benzene rings is 2. The smallest absolute Gasteiger partial charge is 0.257 e. The molecule has 0 bridgehead atoms. The molecule has 21 heavy (non-hydrogen) atoms. The Bertz CT molecular complexity index is 649. The summed E-state index contributed by atoms with van der Waals surface area (Å²) in [6.07, 6.45) is 0. The van der Waals surface area contributed by atoms with Gasteiger partial charge in [-0.3, -0.25) is 4.79 Å². The number of carbonyl (C=O) groups is 1. The number of rotatable bonds is 3. The molecular formula is C18H20FNO. The van der Waals surface area contributed by atoms with Crippen molar-refractivity contribution in [1.82, 2.24) is 4.90 Å². The summed E-state index contributed by atoms with van der Waals surface area (Å²) in [6, 6.07) is 12.5. The molecule has 0 aliphatic heterocycles. The van der Waals surface area contributed by atoms with Crippen LogP contribution in [0.25, 0.3) is 0 Å². The van der Waals surface area contributed by atoms with E-state index < -0.39 is 5.82 Å². The molecule has 1 amide bonds. The van der Waals surface area contributed by atoms with E-state index in [-0.39, 0.29) is 17.5 Å². The molecule has 0 aliphatic rings. The van der Waals surface area contributed by atoms with Crippen molar-refractivity contribution in [3.05, 3.63) is 70.5 Å². The van der Waals surface area contributed by atoms with E-state index in [0.29, 0.717) is 0 Å². The lowest BCUT2D eigenvalue weighted by Crippen LogP contribution is -2.30. The van der Waals surface area contributed by atoms with Crippen molar-refractivity contribution in [1.29, 1.82) is 0 Å². The van der Waals surface area contributed by atoms with Crippen LogP contribution in [-0.4, -0.2) is 17.9 Å². The molecule has 110 valence electrons. The Kier molecular flexibility index (Phi) is 4.41. The SMILES string of the molecule is Cc1ccc(C(C)N(C)C(=O)c2cc(C)ccc2F)cc1. The zero-order valence-electron chi connectivity index (χ0n) is 12.9. The summed E-state index contributed by atoms with van der Waals surface area (Å²) in [5.74, 6) is -0.780. The minimum atomic E-state index is -0.478. The van der Waals surface area contributed by atoms with Gasteiger partial charge in [0.15, 0.2) is 0 Å². The van der Waals surface area contributed by atoms with Crippen LogP contribution in [0, 0.1) is 19.7 Å². The maximum atomic E-state index is 13.9. The van der Waals surface area contributed by atoms with Crippen LogP contribution in [0.2, 0.25) is 0 Å². The molecular weight excluding hydrogens is 265 g/mol. The predicted molar refractivity (Wildman–Crippen MR) is 82.8 cm³/mol. The summed E-state index contributed by atoms with van der Waals surface area (Å²) in [4.78, 5) is 14.1. The monoisotopic (exact) mass is 285 g/mol. The topological polar surface area (TPSA) is 20.3 Å². The van der Waals surface area contributed by atoms with E-state index >= 15 is 0 Å². The number of carbonyl (C=O) groups excluding carboxylic acids is 1. The lowest BCUT2D eigenvalue weighted by atomic mass is 10.0. The quantitative estimate of drug-likeness (QED) is 0.824. The third-order valence-electron chi connectivity index (χ3n) is 3.81. The van der Waals surface area contributed by atoms with Gasteiger partial charge in [-0.15, -0.1) is 0 Å². The second-order valence-corrected chi connectivity index (χ2v) is 5.49. The molecule has 0 N–H and O–H groups in total. The molecule has 1 unspecified atom stereocenters. The van der Waals surface area contributed by atoms with Gasteiger partial charge in [-0.05, 0) is 38.5 Å². The third-order valence-corrected chi connectivity index (χ3v) is 3.81. The molecule has 0 radical (unpaired) electrons. The van der Waals surface area contributed by atoms with Crippen molar-refractivity contribution in [2.75, 3.05) is 7.05 Å². The highest BCUT2D eigenvalue weighted by atomic mass is 19.1. The van der Waals surface area contributed by atoms with Crippen molar-refractivity contribution in [3.8, 4) is 0 Å². The standard InChI is InChI=1S/C18H20FNO/c1-12-5-8-15(9-6-12)14(3)20(4)18(21)16-11-13(2)7-10-17(16)19/h5-11,14H,1-4H3. The van der Waals surface area contributed by atoms with Gasteiger partial charge < -0.3 is 4.90 Å². The Morgan fingerprint density at radius 2 is 1.62 bits per heavy atom. The van der Waals surface area contributed by atoms with E-state index in [1.165, 1.54) is 11.6 Å². The van der Waals surface area contributed by atoms with Crippen LogP contribution in [0.4, 0.5) is 4.39 Å². The van der Waals surface area contributed by atoms with Crippen molar-refractivity contribution in [2.45, 2.75) is 26.8 Å². The second kappa shape index (κ2) is 6.08. The molecule has 0 aliphatic carbocycles. The Morgan fingerprint density at radius 1 is 1.05 bits per heavy atom. The van der Waals surface area contributed by atoms with E-state index in [9.17, 15) is 9.18 Å². The molecule has 0 saturated carbocycles. The summed E-state index contributed by atoms with van der Waals surface area (Å²) < 4.78 is 13.9. The number of hydrogen-bond donors (Lipinski definition) is 0. The summed E-state index contributed by atoms with van der Waals surface area (Å²) in [5.41, 5.74) is 3.20. The van der Waals surface area contributed by atoms with Crippen molar-refractivity contribution >= 4 is 5.91 Å². The van der Waals surface area contributed by atoms with Crippen LogP contribution in [0.5, 0.6) is 0 Å². The summed E-state index contributed by atoms with van der Waals surface area (Å²) >= 11 is 0. The lowest BCUT2D eigenvalue weighted by molar-refractivity contribution is 0.0738. The molecule has 0 fully saturated rings. The highest BCUT2D eigenvalue weighted by Crippen LogP contribution is 2.22. The first-order chi connectivity index (χ1) is 9.90. The van der Waals surface area contributed by atoms with Crippen LogP contribution < -0.4 is 0 Å². The first kappa shape index (κ1) is 15.2. The first-order valence-electron chi connectivity index (χ1n) is 7.00. The highest BCUT2D eigenvalue weighted by Gasteiger charge is 2.21. The van der Waals surface area contributed by atoms with E-state index in [2.05, 4.69) is 0 Å². The fourth-order valence-corrected chi connectivity index (χ4v) is 2.24. The molecule has 3 heteroatoms. The minimum absolute atomic E-state index is 0.113. The lowest BCUT2D eigenvalue weighted by Gasteiger charge is -2.26. The summed E-state index contributed by atoms with van der Waals surface area (Å²) in [5, 5.41) is 0. The molecule has 0 heterocycles. The zero-order chi connectivity index (χ0) is 15.6. The van der Waals surface area contributed by atoms with Crippen LogP contribution in [0.3, 0.4) is 0 Å². The predicted octanol–water partition coefficient (Wildman–Crippen LogP) is 4.28. The maximum absolute atomic E-state index is 13.9.